The Labute approximate surface area is 148 Å². The molecule has 10 heteroatoms. The topological polar surface area (TPSA) is 118 Å². The van der Waals surface area contributed by atoms with Crippen molar-refractivity contribution < 1.29 is 13.2 Å². The molecule has 2 heterocycles. The molecule has 130 valence electrons. The predicted molar refractivity (Wildman–Crippen MR) is 92.9 cm³/mol. The molecule has 0 aliphatic heterocycles. The van der Waals surface area contributed by atoms with Crippen molar-refractivity contribution in [1.82, 2.24) is 25.5 Å². The van der Waals surface area contributed by atoms with Crippen molar-refractivity contribution >= 4 is 27.1 Å². The number of carbonyl (C=O) groups is 1. The van der Waals surface area contributed by atoms with Crippen molar-refractivity contribution in [2.75, 3.05) is 6.26 Å². The molecule has 0 aliphatic carbocycles. The first kappa shape index (κ1) is 17.2. The van der Waals surface area contributed by atoms with Crippen molar-refractivity contribution in [3.05, 3.63) is 47.2 Å². The Hall–Kier alpha value is -2.59. The van der Waals surface area contributed by atoms with Crippen LogP contribution < -0.4 is 5.32 Å². The zero-order chi connectivity index (χ0) is 18.0. The first-order valence-corrected chi connectivity index (χ1v) is 10.0. The number of sulfone groups is 1. The third-order valence-electron chi connectivity index (χ3n) is 3.51. The summed E-state index contributed by atoms with van der Waals surface area (Å²) in [5.41, 5.74) is 1.09. The number of carbonyl (C=O) groups excluding carboxylic acids is 1. The molecule has 0 saturated heterocycles. The Kier molecular flexibility index (Phi) is 4.64. The minimum Gasteiger partial charge on any atom is -0.344 e. The lowest BCUT2D eigenvalue weighted by molar-refractivity contribution is 0.0935. The number of nitrogens with one attached hydrogen (secondary N) is 2. The standard InChI is InChI=1S/C15H15N5O3S2/c1-9(10-3-5-11(6-4-10)25(2,22)23)18-14(21)12-7-24-15(19-12)13-16-8-17-20-13/h3-9H,1-2H3,(H,18,21)(H,16,17,20). The van der Waals surface area contributed by atoms with Crippen LogP contribution in [0, 0.1) is 0 Å². The summed E-state index contributed by atoms with van der Waals surface area (Å²) >= 11 is 1.29. The number of thiazole rings is 1. The lowest BCUT2D eigenvalue weighted by atomic mass is 10.1. The molecule has 0 radical (unpaired) electrons. The fourth-order valence-electron chi connectivity index (χ4n) is 2.15. The summed E-state index contributed by atoms with van der Waals surface area (Å²) in [4.78, 5) is 20.8. The van der Waals surface area contributed by atoms with Crippen LogP contribution in [0.25, 0.3) is 10.8 Å². The highest BCUT2D eigenvalue weighted by Crippen LogP contribution is 2.21. The van der Waals surface area contributed by atoms with Crippen LogP contribution in [-0.4, -0.2) is 40.7 Å². The van der Waals surface area contributed by atoms with Crippen LogP contribution in [0.15, 0.2) is 40.9 Å². The number of H-pyrrole nitrogens is 1. The lowest BCUT2D eigenvalue weighted by Crippen LogP contribution is -2.26. The molecule has 3 aromatic rings. The van der Waals surface area contributed by atoms with E-state index < -0.39 is 9.84 Å². The van der Waals surface area contributed by atoms with Gasteiger partial charge in [0.1, 0.15) is 12.0 Å². The average Bonchev–Trinajstić information content (AvgIpc) is 3.25. The number of rotatable bonds is 5. The van der Waals surface area contributed by atoms with Gasteiger partial charge >= 0.3 is 0 Å². The van der Waals surface area contributed by atoms with E-state index in [0.29, 0.717) is 10.8 Å². The Morgan fingerprint density at radius 1 is 1.28 bits per heavy atom. The van der Waals surface area contributed by atoms with Gasteiger partial charge in [-0.15, -0.1) is 11.3 Å². The molecule has 1 amide bonds. The Balaban J connectivity index is 1.70. The molecule has 0 saturated carbocycles. The van der Waals surface area contributed by atoms with Crippen molar-refractivity contribution in [2.45, 2.75) is 17.9 Å². The van der Waals surface area contributed by atoms with Gasteiger partial charge in [-0.3, -0.25) is 9.89 Å². The van der Waals surface area contributed by atoms with E-state index >= 15 is 0 Å². The summed E-state index contributed by atoms with van der Waals surface area (Å²) in [6.45, 7) is 1.82. The zero-order valence-corrected chi connectivity index (χ0v) is 15.1. The maximum atomic E-state index is 12.3. The van der Waals surface area contributed by atoms with Crippen LogP contribution in [0.3, 0.4) is 0 Å². The molecular weight excluding hydrogens is 362 g/mol. The Morgan fingerprint density at radius 2 is 2.00 bits per heavy atom. The molecule has 1 aromatic carbocycles. The van der Waals surface area contributed by atoms with E-state index in [1.807, 2.05) is 6.92 Å². The molecule has 2 N–H and O–H groups in total. The molecular formula is C15H15N5O3S2. The summed E-state index contributed by atoms with van der Waals surface area (Å²) in [5, 5.41) is 11.5. The third kappa shape index (κ3) is 3.91. The molecule has 8 nitrogen and oxygen atoms in total. The van der Waals surface area contributed by atoms with Gasteiger partial charge in [-0.2, -0.15) is 5.10 Å². The maximum Gasteiger partial charge on any atom is 0.271 e. The van der Waals surface area contributed by atoms with Crippen molar-refractivity contribution in [3.8, 4) is 10.8 Å². The van der Waals surface area contributed by atoms with Crippen LogP contribution in [0.2, 0.25) is 0 Å². The minimum absolute atomic E-state index is 0.242. The molecule has 3 rings (SSSR count). The molecule has 25 heavy (non-hydrogen) atoms. The minimum atomic E-state index is -3.24. The van der Waals surface area contributed by atoms with Crippen LogP contribution in [0.1, 0.15) is 29.0 Å². The molecule has 0 spiro atoms. The van der Waals surface area contributed by atoms with E-state index in [4.69, 9.17) is 0 Å². The predicted octanol–water partition coefficient (Wildman–Crippen LogP) is 1.82. The van der Waals surface area contributed by atoms with E-state index in [1.54, 1.807) is 17.5 Å². The van der Waals surface area contributed by atoms with Crippen LogP contribution in [0.4, 0.5) is 0 Å². The van der Waals surface area contributed by atoms with Gasteiger partial charge in [0.25, 0.3) is 5.91 Å². The number of hydrogen-bond acceptors (Lipinski definition) is 7. The second kappa shape index (κ2) is 6.73. The normalized spacial score (nSPS) is 12.7. The summed E-state index contributed by atoms with van der Waals surface area (Å²) in [7, 11) is -3.24. The van der Waals surface area contributed by atoms with Crippen molar-refractivity contribution in [3.63, 3.8) is 0 Å². The van der Waals surface area contributed by atoms with Crippen molar-refractivity contribution in [2.24, 2.45) is 0 Å². The van der Waals surface area contributed by atoms with Gasteiger partial charge in [0, 0.05) is 11.6 Å². The van der Waals surface area contributed by atoms with Gasteiger partial charge in [0.15, 0.2) is 20.7 Å². The van der Waals surface area contributed by atoms with E-state index in [-0.39, 0.29) is 22.5 Å². The smallest absolute Gasteiger partial charge is 0.271 e. The molecule has 1 unspecified atom stereocenters. The highest BCUT2D eigenvalue weighted by molar-refractivity contribution is 7.90. The second-order valence-electron chi connectivity index (χ2n) is 5.41. The zero-order valence-electron chi connectivity index (χ0n) is 13.4. The van der Waals surface area contributed by atoms with E-state index in [0.717, 1.165) is 11.8 Å². The number of hydrogen-bond donors (Lipinski definition) is 2. The number of amides is 1. The molecule has 2 aromatic heterocycles. The number of nitrogens with zero attached hydrogens (tertiary/aromatic N) is 3. The molecule has 0 fully saturated rings. The largest absolute Gasteiger partial charge is 0.344 e. The SMILES string of the molecule is CC(NC(=O)c1csc(-c2ncn[nH]2)n1)c1ccc(S(C)(=O)=O)cc1. The van der Waals surface area contributed by atoms with Crippen LogP contribution in [0.5, 0.6) is 0 Å². The van der Waals surface area contributed by atoms with Gasteiger partial charge in [-0.1, -0.05) is 12.1 Å². The summed E-state index contributed by atoms with van der Waals surface area (Å²) in [6.07, 6.45) is 2.53. The Bertz CT molecular complexity index is 979. The Morgan fingerprint density at radius 3 is 2.60 bits per heavy atom. The quantitative estimate of drug-likeness (QED) is 0.700. The fourth-order valence-corrected chi connectivity index (χ4v) is 3.53. The third-order valence-corrected chi connectivity index (χ3v) is 5.49. The number of aromatic amines is 1. The summed E-state index contributed by atoms with van der Waals surface area (Å²) in [6, 6.07) is 6.12. The highest BCUT2D eigenvalue weighted by Gasteiger charge is 2.16. The first-order valence-electron chi connectivity index (χ1n) is 7.27. The van der Waals surface area contributed by atoms with E-state index in [9.17, 15) is 13.2 Å². The van der Waals surface area contributed by atoms with E-state index in [1.165, 1.54) is 29.8 Å². The molecule has 0 aliphatic rings. The van der Waals surface area contributed by atoms with Gasteiger partial charge in [-0.05, 0) is 24.6 Å². The monoisotopic (exact) mass is 377 g/mol. The van der Waals surface area contributed by atoms with Crippen LogP contribution >= 0.6 is 11.3 Å². The summed E-state index contributed by atoms with van der Waals surface area (Å²) in [5.74, 6) is 0.190. The van der Waals surface area contributed by atoms with Crippen LogP contribution in [-0.2, 0) is 9.84 Å². The maximum absolute atomic E-state index is 12.3. The van der Waals surface area contributed by atoms with Gasteiger partial charge < -0.3 is 5.32 Å². The number of aromatic nitrogens is 4. The molecule has 0 bridgehead atoms. The van der Waals surface area contributed by atoms with Gasteiger partial charge in [-0.25, -0.2) is 18.4 Å². The number of benzene rings is 1. The second-order valence-corrected chi connectivity index (χ2v) is 8.28. The average molecular weight is 377 g/mol. The van der Waals surface area contributed by atoms with E-state index in [2.05, 4.69) is 25.5 Å². The summed E-state index contributed by atoms with van der Waals surface area (Å²) < 4.78 is 23.0. The lowest BCUT2D eigenvalue weighted by Gasteiger charge is -2.13. The highest BCUT2D eigenvalue weighted by atomic mass is 32.2. The fraction of sp³-hybridized carbons (Fsp3) is 0.200. The molecule has 1 atom stereocenters. The van der Waals surface area contributed by atoms with Crippen molar-refractivity contribution in [1.29, 1.82) is 0 Å². The first-order chi connectivity index (χ1) is 11.8. The van der Waals surface area contributed by atoms with Gasteiger partial charge in [0.2, 0.25) is 0 Å². The van der Waals surface area contributed by atoms with Gasteiger partial charge in [0.05, 0.1) is 10.9 Å².